The van der Waals surface area contributed by atoms with Gasteiger partial charge in [0.1, 0.15) is 0 Å². The summed E-state index contributed by atoms with van der Waals surface area (Å²) in [6.45, 7) is 0. The van der Waals surface area contributed by atoms with Gasteiger partial charge in [0.2, 0.25) is 0 Å². The van der Waals surface area contributed by atoms with E-state index in [0.29, 0.717) is 0 Å². The highest BCUT2D eigenvalue weighted by atomic mass is 15.0. The summed E-state index contributed by atoms with van der Waals surface area (Å²) < 4.78 is 4.73. The minimum atomic E-state index is 0.928. The Kier molecular flexibility index (Phi) is 7.46. The molecule has 0 saturated carbocycles. The van der Waals surface area contributed by atoms with E-state index in [9.17, 15) is 0 Å². The predicted octanol–water partition coefficient (Wildman–Crippen LogP) is 13.3. The van der Waals surface area contributed by atoms with E-state index in [2.05, 4.69) is 196 Å². The lowest BCUT2D eigenvalue weighted by molar-refractivity contribution is 1.15. The number of hydrogen-bond donors (Lipinski definition) is 0. The normalized spacial score (nSPS) is 11.6. The van der Waals surface area contributed by atoms with Gasteiger partial charge in [0.05, 0.1) is 45.3 Å². The first kappa shape index (κ1) is 31.9. The molecule has 0 aliphatic rings. The first-order chi connectivity index (χ1) is 27.8. The van der Waals surface area contributed by atoms with Crippen LogP contribution in [0.25, 0.3) is 99.8 Å². The van der Waals surface area contributed by atoms with Gasteiger partial charge in [-0.05, 0) is 82.9 Å². The average molecular weight is 715 g/mol. The van der Waals surface area contributed by atoms with E-state index in [0.717, 1.165) is 50.3 Å². The Bertz CT molecular complexity index is 3170. The quantitative estimate of drug-likeness (QED) is 0.172. The van der Waals surface area contributed by atoms with Crippen molar-refractivity contribution in [1.29, 1.82) is 0 Å². The zero-order valence-electron chi connectivity index (χ0n) is 30.4. The lowest BCUT2D eigenvalue weighted by atomic mass is 10.0. The van der Waals surface area contributed by atoms with E-state index in [-0.39, 0.29) is 0 Å². The maximum absolute atomic E-state index is 5.15. The minimum Gasteiger partial charge on any atom is -0.309 e. The molecule has 4 heterocycles. The number of fused-ring (bicyclic) bond motifs is 6. The molecule has 4 heteroatoms. The summed E-state index contributed by atoms with van der Waals surface area (Å²) in [5, 5.41) is 4.81. The van der Waals surface area contributed by atoms with Crippen molar-refractivity contribution in [3.05, 3.63) is 207 Å². The summed E-state index contributed by atoms with van der Waals surface area (Å²) >= 11 is 0. The van der Waals surface area contributed by atoms with Crippen molar-refractivity contribution < 1.29 is 0 Å². The highest BCUT2D eigenvalue weighted by Crippen LogP contribution is 2.39. The molecule has 0 aliphatic carbocycles. The Morgan fingerprint density at radius 1 is 0.304 bits per heavy atom. The third-order valence-corrected chi connectivity index (χ3v) is 11.0. The molecule has 0 fully saturated rings. The zero-order valence-corrected chi connectivity index (χ0v) is 30.4. The number of rotatable bonds is 6. The molecule has 0 radical (unpaired) electrons. The summed E-state index contributed by atoms with van der Waals surface area (Å²) in [7, 11) is 0. The van der Waals surface area contributed by atoms with Crippen molar-refractivity contribution in [3.63, 3.8) is 0 Å². The molecule has 0 unspecified atom stereocenters. The second-order valence-corrected chi connectivity index (χ2v) is 14.3. The molecule has 11 aromatic rings. The van der Waals surface area contributed by atoms with Crippen LogP contribution in [0.5, 0.6) is 0 Å². The van der Waals surface area contributed by atoms with Crippen LogP contribution in [0, 0.1) is 0 Å². The van der Waals surface area contributed by atoms with E-state index in [4.69, 9.17) is 4.98 Å². The highest BCUT2D eigenvalue weighted by Gasteiger charge is 2.18. The first-order valence-corrected chi connectivity index (χ1v) is 19.0. The smallest absolute Gasteiger partial charge is 0.0730 e. The van der Waals surface area contributed by atoms with Crippen molar-refractivity contribution in [3.8, 4) is 56.1 Å². The van der Waals surface area contributed by atoms with E-state index in [1.807, 2.05) is 24.5 Å². The monoisotopic (exact) mass is 714 g/mol. The Morgan fingerprint density at radius 3 is 1.45 bits per heavy atom. The van der Waals surface area contributed by atoms with Crippen molar-refractivity contribution in [2.45, 2.75) is 0 Å². The van der Waals surface area contributed by atoms with Crippen LogP contribution in [0.3, 0.4) is 0 Å². The van der Waals surface area contributed by atoms with Crippen LogP contribution in [-0.4, -0.2) is 19.1 Å². The Balaban J connectivity index is 1.07. The van der Waals surface area contributed by atoms with Crippen molar-refractivity contribution >= 4 is 43.6 Å². The first-order valence-electron chi connectivity index (χ1n) is 19.0. The van der Waals surface area contributed by atoms with Crippen LogP contribution < -0.4 is 0 Å². The van der Waals surface area contributed by atoms with Gasteiger partial charge in [0.25, 0.3) is 0 Å². The minimum absolute atomic E-state index is 0.928. The summed E-state index contributed by atoms with van der Waals surface area (Å²) in [5.41, 5.74) is 15.5. The van der Waals surface area contributed by atoms with Gasteiger partial charge >= 0.3 is 0 Å². The molecule has 0 bridgehead atoms. The second kappa shape index (κ2) is 13.1. The lowest BCUT2D eigenvalue weighted by Crippen LogP contribution is -1.98. The van der Waals surface area contributed by atoms with Gasteiger partial charge in [-0.3, -0.25) is 4.98 Å². The molecule has 0 N–H and O–H groups in total. The van der Waals surface area contributed by atoms with Crippen LogP contribution in [0.2, 0.25) is 0 Å². The maximum atomic E-state index is 5.15. The van der Waals surface area contributed by atoms with Gasteiger partial charge < -0.3 is 9.13 Å². The van der Waals surface area contributed by atoms with Crippen molar-refractivity contribution in [2.75, 3.05) is 0 Å². The van der Waals surface area contributed by atoms with Gasteiger partial charge in [-0.1, -0.05) is 133 Å². The van der Waals surface area contributed by atoms with Crippen LogP contribution in [-0.2, 0) is 0 Å². The third-order valence-electron chi connectivity index (χ3n) is 11.0. The molecule has 0 saturated heterocycles. The number of benzene rings is 7. The van der Waals surface area contributed by atoms with E-state index < -0.39 is 0 Å². The molecular formula is C52H34N4. The maximum Gasteiger partial charge on any atom is 0.0730 e. The summed E-state index contributed by atoms with van der Waals surface area (Å²) in [4.78, 5) is 9.76. The van der Waals surface area contributed by atoms with Crippen LogP contribution in [0.15, 0.2) is 207 Å². The molecule has 262 valence electrons. The number of para-hydroxylation sites is 1. The molecule has 0 amide bonds. The van der Waals surface area contributed by atoms with E-state index in [1.165, 1.54) is 49.4 Å². The van der Waals surface area contributed by atoms with Crippen molar-refractivity contribution in [1.82, 2.24) is 19.1 Å². The molecule has 0 aliphatic heterocycles. The van der Waals surface area contributed by atoms with Crippen LogP contribution in [0.4, 0.5) is 0 Å². The number of nitrogens with zero attached hydrogens (tertiary/aromatic N) is 4. The number of pyridine rings is 2. The molecular weight excluding hydrogens is 681 g/mol. The molecule has 0 atom stereocenters. The molecule has 4 nitrogen and oxygen atoms in total. The fourth-order valence-corrected chi connectivity index (χ4v) is 8.37. The fraction of sp³-hybridized carbons (Fsp3) is 0. The standard InChI is InChI=1S/C52H34N4/c1-4-13-35(14-5-1)38-19-12-20-41(29-38)55-49-22-11-10-21-43(49)45-30-39(23-25-50(45)55)40-24-26-51-46(31-40)44-27-28-53-34-52(44)56(51)42-32-47(36-15-6-2-7-16-36)54-48(33-42)37-17-8-3-9-18-37/h1-34H. The number of aromatic nitrogens is 4. The van der Waals surface area contributed by atoms with Crippen molar-refractivity contribution in [2.24, 2.45) is 0 Å². The van der Waals surface area contributed by atoms with Gasteiger partial charge in [0.15, 0.2) is 0 Å². The summed E-state index contributed by atoms with van der Waals surface area (Å²) in [6, 6.07) is 69.3. The van der Waals surface area contributed by atoms with Gasteiger partial charge in [-0.25, -0.2) is 4.98 Å². The van der Waals surface area contributed by atoms with Gasteiger partial charge in [0, 0.05) is 44.6 Å². The molecule has 0 spiro atoms. The molecule has 11 rings (SSSR count). The third kappa shape index (κ3) is 5.31. The topological polar surface area (TPSA) is 35.6 Å². The number of hydrogen-bond acceptors (Lipinski definition) is 2. The Hall–Kier alpha value is -7.56. The summed E-state index contributed by atoms with van der Waals surface area (Å²) in [5.74, 6) is 0. The second-order valence-electron chi connectivity index (χ2n) is 14.3. The van der Waals surface area contributed by atoms with E-state index in [1.54, 1.807) is 0 Å². The Morgan fingerprint density at radius 2 is 0.804 bits per heavy atom. The van der Waals surface area contributed by atoms with E-state index >= 15 is 0 Å². The molecule has 4 aromatic heterocycles. The fourth-order valence-electron chi connectivity index (χ4n) is 8.37. The van der Waals surface area contributed by atoms with Gasteiger partial charge in [-0.2, -0.15) is 0 Å². The van der Waals surface area contributed by atoms with Crippen LogP contribution in [0.1, 0.15) is 0 Å². The molecule has 56 heavy (non-hydrogen) atoms. The highest BCUT2D eigenvalue weighted by molar-refractivity contribution is 6.12. The summed E-state index contributed by atoms with van der Waals surface area (Å²) in [6.07, 6.45) is 3.87. The SMILES string of the molecule is c1ccc(-c2cccc(-n3c4ccccc4c4cc(-c5ccc6c(c5)c5ccncc5n6-c5cc(-c6ccccc6)nc(-c6ccccc6)c5)ccc43)c2)cc1. The zero-order chi connectivity index (χ0) is 37.0. The average Bonchev–Trinajstić information content (AvgIpc) is 3.79. The van der Waals surface area contributed by atoms with Crippen LogP contribution >= 0.6 is 0 Å². The largest absolute Gasteiger partial charge is 0.309 e. The van der Waals surface area contributed by atoms with Gasteiger partial charge in [-0.15, -0.1) is 0 Å². The predicted molar refractivity (Wildman–Crippen MR) is 232 cm³/mol. The lowest BCUT2D eigenvalue weighted by Gasteiger charge is -2.13. The molecule has 7 aromatic carbocycles. The Labute approximate surface area is 324 Å².